The van der Waals surface area contributed by atoms with Crippen LogP contribution in [0.15, 0.2) is 31.7 Å². The number of benzene rings is 1. The average Bonchev–Trinajstić information content (AvgIpc) is 2.99. The smallest absolute Gasteiger partial charge is 0.343 e. The van der Waals surface area contributed by atoms with Gasteiger partial charge in [0.25, 0.3) is 0 Å². The predicted molar refractivity (Wildman–Crippen MR) is 104 cm³/mol. The number of carbonyl (C=O) groups is 4. The lowest BCUT2D eigenvalue weighted by atomic mass is 10.2. The molecule has 0 atom stereocenters. The Morgan fingerprint density at radius 1 is 0.893 bits per heavy atom. The van der Waals surface area contributed by atoms with Crippen molar-refractivity contribution in [2.24, 2.45) is 5.92 Å². The standard InChI is InChI=1S/C19H20O7S2/c1-9(2)8-24-18(23)15(10(3)20)19-27-16-13(25-11(4)21)6-7-14(17(16)28-19)26-12(5)22/h6-7,9H,8H2,1-5H3. The fraction of sp³-hybridized carbons (Fsp3) is 0.368. The monoisotopic (exact) mass is 424 g/mol. The van der Waals surface area contributed by atoms with E-state index >= 15 is 0 Å². The summed E-state index contributed by atoms with van der Waals surface area (Å²) in [5.74, 6) is -1.57. The van der Waals surface area contributed by atoms with Crippen LogP contribution in [-0.2, 0) is 23.9 Å². The van der Waals surface area contributed by atoms with Gasteiger partial charge in [-0.2, -0.15) is 0 Å². The number of carbonyl (C=O) groups excluding carboxylic acids is 4. The second-order valence-corrected chi connectivity index (χ2v) is 8.62. The van der Waals surface area contributed by atoms with E-state index in [-0.39, 0.29) is 29.6 Å². The highest BCUT2D eigenvalue weighted by atomic mass is 32.2. The second-order valence-electron chi connectivity index (χ2n) is 6.32. The topological polar surface area (TPSA) is 96.0 Å². The van der Waals surface area contributed by atoms with Gasteiger partial charge in [-0.25, -0.2) is 4.79 Å². The highest BCUT2D eigenvalue weighted by Crippen LogP contribution is 2.59. The molecule has 0 fully saturated rings. The third kappa shape index (κ3) is 5.39. The summed E-state index contributed by atoms with van der Waals surface area (Å²) in [7, 11) is 0. The zero-order valence-electron chi connectivity index (χ0n) is 16.1. The highest BCUT2D eigenvalue weighted by molar-refractivity contribution is 8.25. The van der Waals surface area contributed by atoms with E-state index in [0.717, 1.165) is 23.5 Å². The lowest BCUT2D eigenvalue weighted by molar-refractivity contribution is -0.141. The molecule has 1 heterocycles. The van der Waals surface area contributed by atoms with E-state index < -0.39 is 23.7 Å². The third-order valence-corrected chi connectivity index (χ3v) is 5.87. The summed E-state index contributed by atoms with van der Waals surface area (Å²) >= 11 is 2.19. The molecule has 1 aliphatic heterocycles. The van der Waals surface area contributed by atoms with Gasteiger partial charge in [-0.1, -0.05) is 37.4 Å². The van der Waals surface area contributed by atoms with Crippen molar-refractivity contribution in [3.05, 3.63) is 21.9 Å². The molecule has 1 aliphatic rings. The molecule has 0 unspecified atom stereocenters. The van der Waals surface area contributed by atoms with Crippen molar-refractivity contribution in [3.63, 3.8) is 0 Å². The van der Waals surface area contributed by atoms with E-state index in [0.29, 0.717) is 14.0 Å². The molecule has 1 aromatic carbocycles. The minimum Gasteiger partial charge on any atom is -0.462 e. The van der Waals surface area contributed by atoms with E-state index in [1.807, 2.05) is 13.8 Å². The summed E-state index contributed by atoms with van der Waals surface area (Å²) in [4.78, 5) is 48.4. The van der Waals surface area contributed by atoms with Crippen LogP contribution in [-0.4, -0.2) is 30.3 Å². The zero-order chi connectivity index (χ0) is 21.0. The van der Waals surface area contributed by atoms with Crippen LogP contribution in [0.5, 0.6) is 11.5 Å². The molecule has 0 bridgehead atoms. The molecule has 150 valence electrons. The highest BCUT2D eigenvalue weighted by Gasteiger charge is 2.33. The van der Waals surface area contributed by atoms with Crippen LogP contribution in [0.2, 0.25) is 0 Å². The minimum atomic E-state index is -0.716. The molecule has 0 spiro atoms. The van der Waals surface area contributed by atoms with Crippen molar-refractivity contribution < 1.29 is 33.4 Å². The van der Waals surface area contributed by atoms with E-state index in [4.69, 9.17) is 14.2 Å². The molecule has 1 aromatic rings. The van der Waals surface area contributed by atoms with Gasteiger partial charge in [0.15, 0.2) is 5.78 Å². The number of fused-ring (bicyclic) bond motifs is 1. The van der Waals surface area contributed by atoms with Crippen LogP contribution < -0.4 is 9.47 Å². The summed E-state index contributed by atoms with van der Waals surface area (Å²) in [6.45, 7) is 7.77. The third-order valence-electron chi connectivity index (χ3n) is 3.24. The Labute approximate surface area is 171 Å². The van der Waals surface area contributed by atoms with Gasteiger partial charge in [-0.15, -0.1) is 0 Å². The van der Waals surface area contributed by atoms with Crippen LogP contribution in [0.1, 0.15) is 34.6 Å². The number of rotatable bonds is 6. The summed E-state index contributed by atoms with van der Waals surface area (Å²) in [6.07, 6.45) is 0. The predicted octanol–water partition coefficient (Wildman–Crippen LogP) is 3.73. The molecule has 7 nitrogen and oxygen atoms in total. The number of ether oxygens (including phenoxy) is 3. The second kappa shape index (κ2) is 9.29. The largest absolute Gasteiger partial charge is 0.462 e. The van der Waals surface area contributed by atoms with Gasteiger partial charge >= 0.3 is 17.9 Å². The maximum Gasteiger partial charge on any atom is 0.343 e. The normalized spacial score (nSPS) is 12.4. The van der Waals surface area contributed by atoms with Crippen LogP contribution >= 0.6 is 23.5 Å². The van der Waals surface area contributed by atoms with Crippen molar-refractivity contribution in [1.29, 1.82) is 0 Å². The van der Waals surface area contributed by atoms with E-state index in [1.54, 1.807) is 0 Å². The van der Waals surface area contributed by atoms with Crippen LogP contribution in [0.3, 0.4) is 0 Å². The van der Waals surface area contributed by atoms with Crippen LogP contribution in [0.4, 0.5) is 0 Å². The van der Waals surface area contributed by atoms with Gasteiger partial charge in [-0.3, -0.25) is 14.4 Å². The summed E-state index contributed by atoms with van der Waals surface area (Å²) in [5.41, 5.74) is -0.0885. The Morgan fingerprint density at radius 3 is 1.71 bits per heavy atom. The van der Waals surface area contributed by atoms with Gasteiger partial charge in [-0.05, 0) is 25.0 Å². The van der Waals surface area contributed by atoms with Crippen molar-refractivity contribution >= 4 is 47.2 Å². The van der Waals surface area contributed by atoms with E-state index in [2.05, 4.69) is 0 Å². The number of esters is 3. The van der Waals surface area contributed by atoms with Crippen LogP contribution in [0, 0.1) is 5.92 Å². The molecule has 2 rings (SSSR count). The van der Waals surface area contributed by atoms with Crippen molar-refractivity contribution in [1.82, 2.24) is 0 Å². The molecule has 28 heavy (non-hydrogen) atoms. The Kier molecular flexibility index (Phi) is 7.31. The van der Waals surface area contributed by atoms with E-state index in [9.17, 15) is 19.2 Å². The van der Waals surface area contributed by atoms with Gasteiger partial charge in [0.05, 0.1) is 20.6 Å². The molecule has 0 aliphatic carbocycles. The van der Waals surface area contributed by atoms with Gasteiger partial charge in [0, 0.05) is 13.8 Å². The number of Topliss-reactive ketones (excluding diaryl/α,β-unsaturated/α-hetero) is 1. The quantitative estimate of drug-likeness (QED) is 0.222. The maximum absolute atomic E-state index is 12.5. The summed E-state index contributed by atoms with van der Waals surface area (Å²) < 4.78 is 16.0. The molecule has 0 radical (unpaired) electrons. The number of thioether (sulfide) groups is 2. The summed E-state index contributed by atoms with van der Waals surface area (Å²) in [6, 6.07) is 3.00. The lowest BCUT2D eigenvalue weighted by Crippen LogP contribution is -2.17. The Bertz CT molecular complexity index is 824. The Morgan fingerprint density at radius 2 is 1.36 bits per heavy atom. The summed E-state index contributed by atoms with van der Waals surface area (Å²) in [5, 5.41) is 0. The first-order valence-electron chi connectivity index (χ1n) is 8.42. The SMILES string of the molecule is CC(=O)Oc1ccc(OC(C)=O)c2c1SC(=C(C(C)=O)C(=O)OCC(C)C)S2. The molecule has 0 amide bonds. The maximum atomic E-state index is 12.5. The number of ketones is 1. The first-order valence-corrected chi connectivity index (χ1v) is 10.0. The molecule has 0 N–H and O–H groups in total. The fourth-order valence-electron chi connectivity index (χ4n) is 2.18. The molecule has 9 heteroatoms. The Hall–Kier alpha value is -2.26. The van der Waals surface area contributed by atoms with Crippen molar-refractivity contribution in [2.45, 2.75) is 44.4 Å². The molecular weight excluding hydrogens is 404 g/mol. The van der Waals surface area contributed by atoms with Crippen LogP contribution in [0.25, 0.3) is 0 Å². The van der Waals surface area contributed by atoms with Gasteiger partial charge in [0.1, 0.15) is 17.1 Å². The molecular formula is C19H20O7S2. The first-order chi connectivity index (χ1) is 13.1. The average molecular weight is 424 g/mol. The molecule has 0 aromatic heterocycles. The zero-order valence-corrected chi connectivity index (χ0v) is 17.7. The molecule has 0 saturated heterocycles. The first kappa shape index (κ1) is 22.0. The van der Waals surface area contributed by atoms with Gasteiger partial charge < -0.3 is 14.2 Å². The number of hydrogen-bond acceptors (Lipinski definition) is 9. The Balaban J connectivity index is 2.49. The lowest BCUT2D eigenvalue weighted by Gasteiger charge is -2.09. The minimum absolute atomic E-state index is 0.0885. The number of hydrogen-bond donors (Lipinski definition) is 0. The van der Waals surface area contributed by atoms with Crippen molar-refractivity contribution in [2.75, 3.05) is 6.61 Å². The molecule has 0 saturated carbocycles. The van der Waals surface area contributed by atoms with Crippen molar-refractivity contribution in [3.8, 4) is 11.5 Å². The van der Waals surface area contributed by atoms with E-state index in [1.165, 1.54) is 32.9 Å². The fourth-order valence-corrected chi connectivity index (χ4v) is 4.94. The van der Waals surface area contributed by atoms with Gasteiger partial charge in [0.2, 0.25) is 0 Å².